The molecule has 3 N–H and O–H groups in total. The number of aryl methyl sites for hydroxylation is 2. The maximum atomic E-state index is 13.2. The highest BCUT2D eigenvalue weighted by atomic mass is 32.2. The van der Waals surface area contributed by atoms with E-state index in [9.17, 15) is 23.1 Å². The molecule has 0 radical (unpaired) electrons. The third-order valence-electron chi connectivity index (χ3n) is 9.01. The second kappa shape index (κ2) is 10.7. The van der Waals surface area contributed by atoms with Gasteiger partial charge in [0.25, 0.3) is 5.91 Å². The average Bonchev–Trinajstić information content (AvgIpc) is 3.41. The van der Waals surface area contributed by atoms with Crippen LogP contribution in [0.5, 0.6) is 5.88 Å². The number of benzene rings is 1. The van der Waals surface area contributed by atoms with Crippen LogP contribution >= 0.6 is 0 Å². The number of hydrogen-bond acceptors (Lipinski definition) is 6. The summed E-state index contributed by atoms with van der Waals surface area (Å²) in [6.45, 7) is 8.64. The van der Waals surface area contributed by atoms with Gasteiger partial charge in [0.2, 0.25) is 15.9 Å². The van der Waals surface area contributed by atoms with Crippen LogP contribution in [0.15, 0.2) is 33.5 Å². The van der Waals surface area contributed by atoms with Gasteiger partial charge in [-0.25, -0.2) is 17.8 Å². The van der Waals surface area contributed by atoms with Crippen molar-refractivity contribution in [3.05, 3.63) is 50.9 Å². The molecule has 3 aliphatic rings. The molecule has 0 unspecified atom stereocenters. The number of nitrogens with one attached hydrogen (secondary N) is 2. The number of aromatic hydroxyl groups is 1. The number of rotatable bonds is 6. The lowest BCUT2D eigenvalue weighted by Gasteiger charge is -2.34. The summed E-state index contributed by atoms with van der Waals surface area (Å²) in [4.78, 5) is 32.4. The molecule has 2 fully saturated rings. The number of aliphatic imine (C=N–C) groups is 1. The molecule has 1 saturated carbocycles. The molecule has 1 amide bonds. The van der Waals surface area contributed by atoms with E-state index in [2.05, 4.69) is 24.1 Å². The number of piperidine rings is 1. The van der Waals surface area contributed by atoms with Gasteiger partial charge in [-0.1, -0.05) is 13.8 Å². The highest BCUT2D eigenvalue weighted by molar-refractivity contribution is 7.92. The number of aromatic nitrogens is 2. The first-order valence-corrected chi connectivity index (χ1v) is 15.6. The summed E-state index contributed by atoms with van der Waals surface area (Å²) in [6, 6.07) is 3.45. The lowest BCUT2D eigenvalue weighted by Crippen LogP contribution is -2.50. The number of amidine groups is 1. The van der Waals surface area contributed by atoms with E-state index in [1.807, 2.05) is 13.8 Å². The number of aromatic amines is 1. The van der Waals surface area contributed by atoms with E-state index >= 15 is 0 Å². The van der Waals surface area contributed by atoms with E-state index < -0.39 is 21.3 Å². The molecule has 10 nitrogen and oxygen atoms in total. The van der Waals surface area contributed by atoms with Crippen molar-refractivity contribution in [2.45, 2.75) is 71.8 Å². The third kappa shape index (κ3) is 5.28. The number of carbonyl (C=O) groups is 1. The number of hydrogen-bond donors (Lipinski definition) is 3. The van der Waals surface area contributed by atoms with Gasteiger partial charge in [-0.2, -0.15) is 4.31 Å². The summed E-state index contributed by atoms with van der Waals surface area (Å²) in [5.41, 5.74) is 1.40. The van der Waals surface area contributed by atoms with Crippen molar-refractivity contribution in [1.29, 1.82) is 0 Å². The molecule has 1 saturated heterocycles. The monoisotopic (exact) mass is 569 g/mol. The molecule has 40 heavy (non-hydrogen) atoms. The summed E-state index contributed by atoms with van der Waals surface area (Å²) < 4.78 is 29.0. The fourth-order valence-corrected chi connectivity index (χ4v) is 7.61. The van der Waals surface area contributed by atoms with Crippen LogP contribution in [0.4, 0.5) is 0 Å². The predicted molar refractivity (Wildman–Crippen MR) is 155 cm³/mol. The second-order valence-electron chi connectivity index (χ2n) is 11.9. The molecule has 216 valence electrons. The molecule has 1 aliphatic carbocycles. The smallest absolute Gasteiger partial charge is 0.333 e. The minimum Gasteiger partial charge on any atom is -0.493 e. The normalized spacial score (nSPS) is 23.7. The number of carbonyl (C=O) groups excluding carboxylic acids is 1. The lowest BCUT2D eigenvalue weighted by atomic mass is 9.76. The Morgan fingerprint density at radius 1 is 1.07 bits per heavy atom. The van der Waals surface area contributed by atoms with Crippen molar-refractivity contribution in [3.63, 3.8) is 0 Å². The van der Waals surface area contributed by atoms with Crippen molar-refractivity contribution < 1.29 is 18.3 Å². The molecule has 5 rings (SSSR count). The van der Waals surface area contributed by atoms with Crippen LogP contribution in [-0.2, 0) is 14.8 Å². The SMILES string of the molecule is Cc1cc(-n2c(O)c[nH]c2=O)cc(C)c1C=CS(=O)(=O)N1CCC2(CC1)N=C(C1CCC(C(C)C)CC1)NC2=O. The molecule has 0 bridgehead atoms. The van der Waals surface area contributed by atoms with E-state index in [1.54, 1.807) is 18.2 Å². The topological polar surface area (TPSA) is 137 Å². The average molecular weight is 570 g/mol. The summed E-state index contributed by atoms with van der Waals surface area (Å²) in [6.07, 6.45) is 7.87. The van der Waals surface area contributed by atoms with Crippen molar-refractivity contribution in [3.8, 4) is 11.6 Å². The number of H-pyrrole nitrogens is 1. The van der Waals surface area contributed by atoms with Gasteiger partial charge in [-0.15, -0.1) is 0 Å². The highest BCUT2D eigenvalue weighted by Gasteiger charge is 2.48. The van der Waals surface area contributed by atoms with Crippen LogP contribution in [-0.4, -0.2) is 57.8 Å². The van der Waals surface area contributed by atoms with Crippen molar-refractivity contribution in [1.82, 2.24) is 19.2 Å². The van der Waals surface area contributed by atoms with E-state index in [1.165, 1.54) is 15.9 Å². The molecule has 0 atom stereocenters. The van der Waals surface area contributed by atoms with E-state index in [0.717, 1.165) is 58.7 Å². The van der Waals surface area contributed by atoms with Gasteiger partial charge in [0.05, 0.1) is 11.9 Å². The first kappa shape index (κ1) is 28.4. The molecule has 1 aromatic carbocycles. The molecule has 2 aromatic rings. The standard InChI is InChI=1S/C29H39N5O5S/c1-18(2)21-5-7-22(8-6-21)26-31-27(36)29(32-26)10-12-33(13-11-29)40(38,39)14-9-24-19(3)15-23(16-20(24)4)34-25(35)17-30-28(34)37/h9,14-18,21-22,35H,5-8,10-13H2,1-4H3,(H,30,37)(H,31,32,36). The van der Waals surface area contributed by atoms with Gasteiger partial charge in [0.1, 0.15) is 11.4 Å². The summed E-state index contributed by atoms with van der Waals surface area (Å²) in [5.74, 6) is 2.18. The van der Waals surface area contributed by atoms with Crippen LogP contribution in [0.3, 0.4) is 0 Å². The molecular weight excluding hydrogens is 530 g/mol. The van der Waals surface area contributed by atoms with Gasteiger partial charge in [0.15, 0.2) is 0 Å². The Bertz CT molecular complexity index is 1490. The molecule has 1 aromatic heterocycles. The van der Waals surface area contributed by atoms with Gasteiger partial charge in [-0.05, 0) is 99.1 Å². The van der Waals surface area contributed by atoms with Crippen LogP contribution in [0.25, 0.3) is 11.8 Å². The van der Waals surface area contributed by atoms with Crippen LogP contribution in [0, 0.1) is 31.6 Å². The fraction of sp³-hybridized carbons (Fsp3) is 0.552. The van der Waals surface area contributed by atoms with Crippen molar-refractivity contribution >= 4 is 27.8 Å². The summed E-state index contributed by atoms with van der Waals surface area (Å²) in [7, 11) is -3.72. The number of amides is 1. The molecule has 2 aliphatic heterocycles. The third-order valence-corrected chi connectivity index (χ3v) is 10.6. The largest absolute Gasteiger partial charge is 0.493 e. The maximum Gasteiger partial charge on any atom is 0.333 e. The Morgan fingerprint density at radius 3 is 2.25 bits per heavy atom. The quantitative estimate of drug-likeness (QED) is 0.488. The molecular formula is C29H39N5O5S. The molecule has 3 heterocycles. The zero-order valence-electron chi connectivity index (χ0n) is 23.6. The second-order valence-corrected chi connectivity index (χ2v) is 13.7. The predicted octanol–water partition coefficient (Wildman–Crippen LogP) is 3.61. The van der Waals surface area contributed by atoms with Gasteiger partial charge >= 0.3 is 5.69 Å². The Kier molecular flexibility index (Phi) is 7.56. The number of sulfonamides is 1. The van der Waals surface area contributed by atoms with Crippen LogP contribution < -0.4 is 11.0 Å². The summed E-state index contributed by atoms with van der Waals surface area (Å²) in [5, 5.41) is 14.2. The number of imidazole rings is 1. The first-order chi connectivity index (χ1) is 18.9. The van der Waals surface area contributed by atoms with Crippen molar-refractivity contribution in [2.75, 3.05) is 13.1 Å². The Balaban J connectivity index is 1.26. The Hall–Kier alpha value is -3.18. The molecule has 11 heteroatoms. The zero-order chi connectivity index (χ0) is 28.8. The van der Waals surface area contributed by atoms with E-state index in [0.29, 0.717) is 24.4 Å². The number of nitrogens with zero attached hydrogens (tertiary/aromatic N) is 3. The lowest BCUT2D eigenvalue weighted by molar-refractivity contribution is -0.125. The minimum atomic E-state index is -3.72. The molecule has 1 spiro atoms. The first-order valence-electron chi connectivity index (χ1n) is 14.1. The van der Waals surface area contributed by atoms with E-state index in [4.69, 9.17) is 4.99 Å². The van der Waals surface area contributed by atoms with Gasteiger partial charge in [0, 0.05) is 24.4 Å². The fourth-order valence-electron chi connectivity index (χ4n) is 6.44. The van der Waals surface area contributed by atoms with Crippen LogP contribution in [0.2, 0.25) is 0 Å². The van der Waals surface area contributed by atoms with Crippen molar-refractivity contribution in [2.24, 2.45) is 22.7 Å². The van der Waals surface area contributed by atoms with Gasteiger partial charge < -0.3 is 15.4 Å². The summed E-state index contributed by atoms with van der Waals surface area (Å²) >= 11 is 0. The Labute approximate surface area is 235 Å². The Morgan fingerprint density at radius 2 is 1.70 bits per heavy atom. The zero-order valence-corrected chi connectivity index (χ0v) is 24.4. The highest BCUT2D eigenvalue weighted by Crippen LogP contribution is 2.38. The van der Waals surface area contributed by atoms with E-state index in [-0.39, 0.29) is 30.8 Å². The van der Waals surface area contributed by atoms with Gasteiger partial charge in [-0.3, -0.25) is 9.79 Å². The maximum absolute atomic E-state index is 13.2. The minimum absolute atomic E-state index is 0.0972. The van der Waals surface area contributed by atoms with Crippen LogP contribution in [0.1, 0.15) is 69.1 Å².